The Morgan fingerprint density at radius 1 is 1.50 bits per heavy atom. The first-order valence-electron chi connectivity index (χ1n) is 0.919. The molecule has 0 radical (unpaired) electrons. The summed E-state index contributed by atoms with van der Waals surface area (Å²) in [5.41, 5.74) is 0. The van der Waals surface area contributed by atoms with Gasteiger partial charge in [-0.2, -0.15) is 0 Å². The third-order valence-electron chi connectivity index (χ3n) is 0. The van der Waals surface area contributed by atoms with Crippen molar-refractivity contribution >= 4 is 25.4 Å². The van der Waals surface area contributed by atoms with Gasteiger partial charge in [-0.05, 0) is 0 Å². The topological polar surface area (TPSA) is 54.4 Å². The van der Waals surface area contributed by atoms with Gasteiger partial charge in [0.1, 0.15) is 0 Å². The molecule has 0 aromatic rings. The number of hydrogen-bond donors (Lipinski definition) is 2. The molecular weight excluding hydrogens is 163 g/mol. The van der Waals surface area contributed by atoms with E-state index < -0.39 is 11.0 Å². The fourth-order valence-corrected chi connectivity index (χ4v) is 0. The molecule has 0 unspecified atom stereocenters. The first kappa shape index (κ1) is 10.1. The Balaban J connectivity index is 0. The van der Waals surface area contributed by atoms with Crippen LogP contribution in [0.2, 0.25) is 0 Å². The Kier molecular flexibility index (Phi) is 15.7. The normalized spacial score (nSPS) is 6.50. The summed E-state index contributed by atoms with van der Waals surface area (Å²) in [5, 5.41) is 0. The second kappa shape index (κ2) is 9.35. The van der Waals surface area contributed by atoms with Gasteiger partial charge in [-0.1, -0.05) is 0 Å². The fourth-order valence-electron chi connectivity index (χ4n) is 0. The number of thiol groups is 1. The Labute approximate surface area is 52.6 Å². The van der Waals surface area contributed by atoms with Gasteiger partial charge in [0.05, 0.1) is 0 Å². The molecule has 0 fully saturated rings. The first-order valence-corrected chi connectivity index (χ1v) is 6.07. The van der Waals surface area contributed by atoms with Gasteiger partial charge in [-0.3, -0.25) is 4.55 Å². The Bertz CT molecular complexity index is 59.2. The van der Waals surface area contributed by atoms with Crippen molar-refractivity contribution in [3.05, 3.63) is 0 Å². The molecular formula is H4AlFeO3S. The van der Waals surface area contributed by atoms with Crippen molar-refractivity contribution in [1.29, 1.82) is 0 Å². The molecule has 0 aromatic heterocycles. The van der Waals surface area contributed by atoms with Gasteiger partial charge in [0.25, 0.3) is 11.0 Å². The van der Waals surface area contributed by atoms with Crippen LogP contribution in [-0.4, -0.2) is 27.4 Å². The molecule has 6 heteroatoms. The van der Waals surface area contributed by atoms with Crippen LogP contribution >= 0.6 is 0 Å². The van der Waals surface area contributed by atoms with Crippen molar-refractivity contribution in [1.82, 2.24) is 0 Å². The molecule has 6 heavy (non-hydrogen) atoms. The van der Waals surface area contributed by atoms with Crippen LogP contribution < -0.4 is 0 Å². The molecule has 0 aliphatic rings. The molecule has 0 atom stereocenters. The van der Waals surface area contributed by atoms with Gasteiger partial charge in [0, 0.05) is 0 Å². The van der Waals surface area contributed by atoms with Gasteiger partial charge in [-0.25, -0.2) is 8.42 Å². The molecule has 0 heterocycles. The molecule has 1 N–H and O–H groups in total. The second-order valence-corrected chi connectivity index (χ2v) is 0.714. The van der Waals surface area contributed by atoms with Crippen LogP contribution in [0.15, 0.2) is 0 Å². The summed E-state index contributed by atoms with van der Waals surface area (Å²) in [6, 6.07) is 0. The van der Waals surface area contributed by atoms with Gasteiger partial charge >= 0.3 is 28.6 Å². The third kappa shape index (κ3) is 84.2. The summed E-state index contributed by atoms with van der Waals surface area (Å²) in [4.78, 5) is 0. The molecule has 0 rings (SSSR count). The summed E-state index contributed by atoms with van der Waals surface area (Å²) in [6.45, 7) is 0. The molecule has 0 bridgehead atoms. The van der Waals surface area contributed by atoms with E-state index in [1.807, 2.05) is 0 Å². The molecule has 0 saturated carbocycles. The Morgan fingerprint density at radius 3 is 1.50 bits per heavy atom. The van der Waals surface area contributed by atoms with Crippen LogP contribution in [0.5, 0.6) is 0 Å². The van der Waals surface area contributed by atoms with E-state index in [2.05, 4.69) is 14.1 Å². The maximum absolute atomic E-state index is 8.59. The monoisotopic (exact) mass is 167 g/mol. The zero-order valence-electron chi connectivity index (χ0n) is 3.06. The Morgan fingerprint density at radius 2 is 1.50 bits per heavy atom. The van der Waals surface area contributed by atoms with Crippen LogP contribution in [0, 0.1) is 0 Å². The van der Waals surface area contributed by atoms with Gasteiger partial charge in [0.15, 0.2) is 0 Å². The van der Waals surface area contributed by atoms with E-state index in [-0.39, 0.29) is 0 Å². The third-order valence-corrected chi connectivity index (χ3v) is 0. The predicted molar refractivity (Wildman–Crippen MR) is 21.5 cm³/mol. The summed E-state index contributed by atoms with van der Waals surface area (Å²) in [6.07, 6.45) is 0. The van der Waals surface area contributed by atoms with E-state index in [9.17, 15) is 0 Å². The van der Waals surface area contributed by atoms with Crippen molar-refractivity contribution in [2.75, 3.05) is 0 Å². The predicted octanol–water partition coefficient (Wildman–Crippen LogP) is -1.85. The van der Waals surface area contributed by atoms with Crippen LogP contribution in [0.25, 0.3) is 0 Å². The molecule has 0 saturated heterocycles. The molecule has 0 aliphatic heterocycles. The average molecular weight is 167 g/mol. The summed E-state index contributed by atoms with van der Waals surface area (Å²) >= 11 is 4.44. The summed E-state index contributed by atoms with van der Waals surface area (Å²) in [7, 11) is -3.12. The molecule has 0 spiro atoms. The van der Waals surface area contributed by atoms with E-state index in [1.54, 1.807) is 0 Å². The van der Waals surface area contributed by atoms with Crippen LogP contribution in [-0.2, 0) is 25.1 Å². The van der Waals surface area contributed by atoms with Crippen LogP contribution in [0.3, 0.4) is 0 Å². The van der Waals surface area contributed by atoms with Gasteiger partial charge in [0.2, 0.25) is 0 Å². The molecule has 39 valence electrons. The standard InChI is InChI=1S/Al.Fe.H2O3S.2H/c;;1-4(2)3;;/h;;4H,(H,1,2,3);;. The van der Waals surface area contributed by atoms with Crippen LogP contribution in [0.1, 0.15) is 0 Å². The molecule has 3 nitrogen and oxygen atoms in total. The van der Waals surface area contributed by atoms with E-state index in [1.165, 1.54) is 0 Å². The minimum absolute atomic E-state index is 1.06. The molecule has 0 aromatic carbocycles. The minimum atomic E-state index is -3.12. The van der Waals surface area contributed by atoms with E-state index in [0.29, 0.717) is 0 Å². The zero-order valence-corrected chi connectivity index (χ0v) is 7.06. The van der Waals surface area contributed by atoms with Crippen LogP contribution in [0.4, 0.5) is 0 Å². The molecule has 0 amide bonds. The Hall–Kier alpha value is 0.962. The molecule has 0 aliphatic carbocycles. The van der Waals surface area contributed by atoms with Crippen molar-refractivity contribution in [3.8, 4) is 0 Å². The number of hydrogen-bond acceptors (Lipinski definition) is 2. The first-order chi connectivity index (χ1) is 2.73. The SMILES string of the molecule is O=[SH](=O)O.[AlH2][Fe]. The maximum atomic E-state index is 8.59. The summed E-state index contributed by atoms with van der Waals surface area (Å²) < 4.78 is 24.2. The second-order valence-electron chi connectivity index (χ2n) is 0.238. The zero-order chi connectivity index (χ0) is 5.58. The van der Waals surface area contributed by atoms with Gasteiger partial charge in [-0.15, -0.1) is 0 Å². The van der Waals surface area contributed by atoms with Gasteiger partial charge < -0.3 is 0 Å². The summed E-state index contributed by atoms with van der Waals surface area (Å²) in [5.74, 6) is 0. The number of rotatable bonds is 0. The quantitative estimate of drug-likeness (QED) is 0.253. The van der Waals surface area contributed by atoms with Crippen molar-refractivity contribution in [2.45, 2.75) is 0 Å². The van der Waals surface area contributed by atoms with Crippen molar-refractivity contribution in [3.63, 3.8) is 0 Å². The van der Waals surface area contributed by atoms with E-state index in [0.717, 1.165) is 14.4 Å². The average Bonchev–Trinajstić information content (AvgIpc) is 1.41. The van der Waals surface area contributed by atoms with E-state index in [4.69, 9.17) is 13.0 Å². The van der Waals surface area contributed by atoms with E-state index >= 15 is 0 Å². The van der Waals surface area contributed by atoms with Crippen molar-refractivity contribution in [2.24, 2.45) is 0 Å². The van der Waals surface area contributed by atoms with Crippen molar-refractivity contribution < 1.29 is 27.1 Å². The fraction of sp³-hybridized carbons (Fsp3) is 0.